The van der Waals surface area contributed by atoms with E-state index in [0.29, 0.717) is 11.1 Å². The van der Waals surface area contributed by atoms with E-state index in [1.54, 1.807) is 0 Å². The Morgan fingerprint density at radius 2 is 1.95 bits per heavy atom. The maximum Gasteiger partial charge on any atom is 0.336 e. The van der Waals surface area contributed by atoms with Crippen molar-refractivity contribution < 1.29 is 23.4 Å². The monoisotopic (exact) mass is 298 g/mol. The molecule has 0 fully saturated rings. The third kappa shape index (κ3) is 4.62. The van der Waals surface area contributed by atoms with Crippen LogP contribution in [0, 0.1) is 11.3 Å². The molecular formula is C12H14N2O5S. The average molecular weight is 298 g/mol. The summed E-state index contributed by atoms with van der Waals surface area (Å²) in [6.07, 6.45) is 0. The summed E-state index contributed by atoms with van der Waals surface area (Å²) in [5.74, 6) is -1.88. The van der Waals surface area contributed by atoms with Crippen molar-refractivity contribution in [2.75, 3.05) is 6.54 Å². The zero-order valence-electron chi connectivity index (χ0n) is 10.7. The van der Waals surface area contributed by atoms with Crippen LogP contribution in [-0.2, 0) is 20.6 Å². The van der Waals surface area contributed by atoms with Crippen molar-refractivity contribution >= 4 is 16.0 Å². The van der Waals surface area contributed by atoms with Crippen LogP contribution < -0.4 is 4.72 Å². The number of carboxylic acid groups (broad SMARTS) is 1. The van der Waals surface area contributed by atoms with E-state index >= 15 is 0 Å². The van der Waals surface area contributed by atoms with Gasteiger partial charge in [0.15, 0.2) is 5.60 Å². The molecule has 0 saturated carbocycles. The van der Waals surface area contributed by atoms with Gasteiger partial charge in [0, 0.05) is 6.54 Å². The first-order chi connectivity index (χ1) is 9.16. The number of nitrogens with zero attached hydrogens (tertiary/aromatic N) is 1. The maximum atomic E-state index is 11.7. The summed E-state index contributed by atoms with van der Waals surface area (Å²) in [4.78, 5) is 10.7. The van der Waals surface area contributed by atoms with Crippen molar-refractivity contribution in [2.45, 2.75) is 18.3 Å². The first-order valence-corrected chi connectivity index (χ1v) is 7.24. The standard InChI is InChI=1S/C12H14N2O5S/c1-12(17,11(15)16)8-14-20(18,19)7-10-4-2-9(6-13)3-5-10/h2-5,14,17H,7-8H2,1H3,(H,15,16). The molecule has 1 atom stereocenters. The second-order valence-corrected chi connectivity index (χ2v) is 6.27. The molecule has 0 aliphatic rings. The van der Waals surface area contributed by atoms with Crippen LogP contribution in [0.1, 0.15) is 18.1 Å². The molecular weight excluding hydrogens is 284 g/mol. The molecule has 108 valence electrons. The summed E-state index contributed by atoms with van der Waals surface area (Å²) in [6.45, 7) is 0.376. The van der Waals surface area contributed by atoms with E-state index in [9.17, 15) is 18.3 Å². The van der Waals surface area contributed by atoms with Gasteiger partial charge in [0.1, 0.15) is 0 Å². The van der Waals surface area contributed by atoms with Crippen LogP contribution in [0.15, 0.2) is 24.3 Å². The molecule has 0 aromatic heterocycles. The number of aliphatic carboxylic acids is 1. The quantitative estimate of drug-likeness (QED) is 0.668. The van der Waals surface area contributed by atoms with Crippen LogP contribution >= 0.6 is 0 Å². The smallest absolute Gasteiger partial charge is 0.336 e. The number of nitriles is 1. The van der Waals surface area contributed by atoms with Crippen molar-refractivity contribution in [3.63, 3.8) is 0 Å². The maximum absolute atomic E-state index is 11.7. The Kier molecular flexibility index (Phi) is 4.83. The topological polar surface area (TPSA) is 127 Å². The van der Waals surface area contributed by atoms with Gasteiger partial charge in [-0.15, -0.1) is 0 Å². The van der Waals surface area contributed by atoms with E-state index in [4.69, 9.17) is 10.4 Å². The van der Waals surface area contributed by atoms with Crippen LogP contribution in [0.3, 0.4) is 0 Å². The Hall–Kier alpha value is -1.95. The van der Waals surface area contributed by atoms with E-state index in [0.717, 1.165) is 6.92 Å². The summed E-state index contributed by atoms with van der Waals surface area (Å²) in [7, 11) is -3.78. The molecule has 0 aliphatic heterocycles. The summed E-state index contributed by atoms with van der Waals surface area (Å²) in [5, 5.41) is 26.7. The normalized spacial score (nSPS) is 14.2. The lowest BCUT2D eigenvalue weighted by atomic mass is 10.1. The van der Waals surface area contributed by atoms with Crippen molar-refractivity contribution in [3.05, 3.63) is 35.4 Å². The van der Waals surface area contributed by atoms with E-state index in [1.165, 1.54) is 24.3 Å². The summed E-state index contributed by atoms with van der Waals surface area (Å²) < 4.78 is 25.5. The highest BCUT2D eigenvalue weighted by Gasteiger charge is 2.31. The first-order valence-electron chi connectivity index (χ1n) is 5.58. The SMILES string of the molecule is CC(O)(CNS(=O)(=O)Cc1ccc(C#N)cc1)C(=O)O. The van der Waals surface area contributed by atoms with Gasteiger partial charge in [-0.3, -0.25) is 0 Å². The van der Waals surface area contributed by atoms with Gasteiger partial charge in [0.2, 0.25) is 10.0 Å². The molecule has 1 rings (SSSR count). The Bertz CT molecular complexity index is 629. The third-order valence-electron chi connectivity index (χ3n) is 2.54. The van der Waals surface area contributed by atoms with Crippen LogP contribution in [0.4, 0.5) is 0 Å². The molecule has 0 aliphatic carbocycles. The highest BCUT2D eigenvalue weighted by Crippen LogP contribution is 2.08. The van der Waals surface area contributed by atoms with Crippen LogP contribution in [-0.4, -0.2) is 36.7 Å². The fourth-order valence-electron chi connectivity index (χ4n) is 1.27. The lowest BCUT2D eigenvalue weighted by Gasteiger charge is -2.18. The van der Waals surface area contributed by atoms with Gasteiger partial charge >= 0.3 is 5.97 Å². The highest BCUT2D eigenvalue weighted by atomic mass is 32.2. The molecule has 7 nitrogen and oxygen atoms in total. The largest absolute Gasteiger partial charge is 0.479 e. The Balaban J connectivity index is 2.71. The lowest BCUT2D eigenvalue weighted by Crippen LogP contribution is -2.46. The summed E-state index contributed by atoms with van der Waals surface area (Å²) >= 11 is 0. The van der Waals surface area contributed by atoms with E-state index in [-0.39, 0.29) is 5.75 Å². The van der Waals surface area contributed by atoms with Gasteiger partial charge in [-0.1, -0.05) is 12.1 Å². The van der Waals surface area contributed by atoms with E-state index < -0.39 is 28.1 Å². The predicted octanol–water partition coefficient (Wildman–Crippen LogP) is -0.187. The Morgan fingerprint density at radius 1 is 1.40 bits per heavy atom. The summed E-state index contributed by atoms with van der Waals surface area (Å²) in [6, 6.07) is 7.87. The lowest BCUT2D eigenvalue weighted by molar-refractivity contribution is -0.155. The average Bonchev–Trinajstić information content (AvgIpc) is 2.37. The number of rotatable bonds is 6. The zero-order valence-corrected chi connectivity index (χ0v) is 11.5. The molecule has 1 aromatic carbocycles. The molecule has 8 heteroatoms. The van der Waals surface area contributed by atoms with Crippen molar-refractivity contribution in [1.29, 1.82) is 5.26 Å². The number of nitrogens with one attached hydrogen (secondary N) is 1. The highest BCUT2D eigenvalue weighted by molar-refractivity contribution is 7.88. The van der Waals surface area contributed by atoms with E-state index in [1.807, 2.05) is 10.8 Å². The third-order valence-corrected chi connectivity index (χ3v) is 3.83. The second kappa shape index (κ2) is 6.00. The number of sulfonamides is 1. The van der Waals surface area contributed by atoms with Gasteiger partial charge < -0.3 is 10.2 Å². The zero-order chi connectivity index (χ0) is 15.4. The molecule has 0 spiro atoms. The first kappa shape index (κ1) is 16.1. The molecule has 0 radical (unpaired) electrons. The number of aliphatic hydroxyl groups is 1. The summed E-state index contributed by atoms with van der Waals surface area (Å²) in [5.41, 5.74) is -1.31. The molecule has 0 amide bonds. The van der Waals surface area contributed by atoms with Crippen molar-refractivity contribution in [3.8, 4) is 6.07 Å². The molecule has 0 bridgehead atoms. The molecule has 1 unspecified atom stereocenters. The Labute approximate surface area is 116 Å². The molecule has 0 heterocycles. The van der Waals surface area contributed by atoms with Gasteiger partial charge in [-0.05, 0) is 24.6 Å². The minimum Gasteiger partial charge on any atom is -0.479 e. The molecule has 1 aromatic rings. The number of benzene rings is 1. The number of hydrogen-bond acceptors (Lipinski definition) is 5. The minimum atomic E-state index is -3.78. The fraction of sp³-hybridized carbons (Fsp3) is 0.333. The van der Waals surface area contributed by atoms with Gasteiger partial charge in [0.25, 0.3) is 0 Å². The van der Waals surface area contributed by atoms with Crippen LogP contribution in [0.5, 0.6) is 0 Å². The molecule has 0 saturated heterocycles. The molecule has 3 N–H and O–H groups in total. The number of hydrogen-bond donors (Lipinski definition) is 3. The van der Waals surface area contributed by atoms with E-state index in [2.05, 4.69) is 0 Å². The van der Waals surface area contributed by atoms with Crippen LogP contribution in [0.25, 0.3) is 0 Å². The second-order valence-electron chi connectivity index (χ2n) is 4.47. The van der Waals surface area contributed by atoms with Crippen molar-refractivity contribution in [2.24, 2.45) is 0 Å². The predicted molar refractivity (Wildman–Crippen MR) is 70.0 cm³/mol. The van der Waals surface area contributed by atoms with Gasteiger partial charge in [0.05, 0.1) is 17.4 Å². The molecule has 20 heavy (non-hydrogen) atoms. The van der Waals surface area contributed by atoms with Gasteiger partial charge in [-0.25, -0.2) is 17.9 Å². The van der Waals surface area contributed by atoms with Crippen molar-refractivity contribution in [1.82, 2.24) is 4.72 Å². The number of carboxylic acids is 1. The van der Waals surface area contributed by atoms with Crippen LogP contribution in [0.2, 0.25) is 0 Å². The fourth-order valence-corrected chi connectivity index (χ4v) is 2.51. The Morgan fingerprint density at radius 3 is 2.40 bits per heavy atom. The van der Waals surface area contributed by atoms with Gasteiger partial charge in [-0.2, -0.15) is 5.26 Å². The number of carbonyl (C=O) groups is 1. The minimum absolute atomic E-state index is 0.367.